The number of amides is 1. The summed E-state index contributed by atoms with van der Waals surface area (Å²) in [6.45, 7) is 1.18. The first-order chi connectivity index (χ1) is 10.2. The highest BCUT2D eigenvalue weighted by molar-refractivity contribution is 5.98. The molecule has 1 saturated heterocycles. The Morgan fingerprint density at radius 1 is 1.48 bits per heavy atom. The van der Waals surface area contributed by atoms with Gasteiger partial charge in [-0.25, -0.2) is 0 Å². The van der Waals surface area contributed by atoms with Gasteiger partial charge >= 0.3 is 0 Å². The van der Waals surface area contributed by atoms with Crippen molar-refractivity contribution in [3.05, 3.63) is 29.6 Å². The second-order valence-corrected chi connectivity index (χ2v) is 5.32. The van der Waals surface area contributed by atoms with E-state index in [1.807, 2.05) is 4.90 Å². The maximum absolute atomic E-state index is 12.6. The van der Waals surface area contributed by atoms with Crippen molar-refractivity contribution < 1.29 is 14.7 Å². The lowest BCUT2D eigenvalue weighted by atomic mass is 10.1. The van der Waals surface area contributed by atoms with Crippen LogP contribution in [0.3, 0.4) is 0 Å². The van der Waals surface area contributed by atoms with Crippen LogP contribution >= 0.6 is 0 Å². The molecule has 2 aliphatic rings. The van der Waals surface area contributed by atoms with Crippen molar-refractivity contribution >= 4 is 11.7 Å². The Labute approximate surface area is 122 Å². The molecule has 1 saturated carbocycles. The Morgan fingerprint density at radius 2 is 2.33 bits per heavy atom. The molecule has 2 unspecified atom stereocenters. The summed E-state index contributed by atoms with van der Waals surface area (Å²) in [6, 6.07) is 3.40. The first-order valence-corrected chi connectivity index (χ1v) is 7.07. The molecule has 2 fully saturated rings. The van der Waals surface area contributed by atoms with Crippen LogP contribution < -0.4 is 5.73 Å². The number of ether oxygens (including phenoxy) is 1. The molecule has 0 bridgehead atoms. The van der Waals surface area contributed by atoms with Crippen molar-refractivity contribution in [3.8, 4) is 0 Å². The fourth-order valence-corrected chi connectivity index (χ4v) is 3.05. The first-order valence-electron chi connectivity index (χ1n) is 7.07. The number of aromatic nitrogens is 1. The number of nitrogens with zero attached hydrogens (tertiary/aromatic N) is 3. The van der Waals surface area contributed by atoms with E-state index in [4.69, 9.17) is 15.7 Å². The zero-order valence-corrected chi connectivity index (χ0v) is 11.6. The van der Waals surface area contributed by atoms with E-state index in [1.165, 1.54) is 6.20 Å². The quantitative estimate of drug-likeness (QED) is 0.359. The average molecular weight is 290 g/mol. The third-order valence-electron chi connectivity index (χ3n) is 4.13. The largest absolute Gasteiger partial charge is 0.409 e. The van der Waals surface area contributed by atoms with Gasteiger partial charge in [-0.2, -0.15) is 0 Å². The number of rotatable bonds is 2. The maximum Gasteiger partial charge on any atom is 0.272 e. The summed E-state index contributed by atoms with van der Waals surface area (Å²) in [5.74, 6) is -0.106. The van der Waals surface area contributed by atoms with E-state index in [0.717, 1.165) is 19.3 Å². The normalized spacial score (nSPS) is 25.7. The van der Waals surface area contributed by atoms with Gasteiger partial charge in [0.1, 0.15) is 5.69 Å². The summed E-state index contributed by atoms with van der Waals surface area (Å²) in [6.07, 6.45) is 4.70. The van der Waals surface area contributed by atoms with Gasteiger partial charge in [0.25, 0.3) is 5.91 Å². The van der Waals surface area contributed by atoms with E-state index in [1.54, 1.807) is 12.1 Å². The van der Waals surface area contributed by atoms with Gasteiger partial charge in [0.2, 0.25) is 0 Å². The number of carbonyl (C=O) groups excluding carboxylic acids is 1. The van der Waals surface area contributed by atoms with E-state index >= 15 is 0 Å². The Kier molecular flexibility index (Phi) is 3.74. The zero-order valence-electron chi connectivity index (χ0n) is 11.6. The standard InChI is InChI=1S/C14H18N4O3/c15-13(17-20)9-4-5-10(16-8-9)14(19)18-6-7-21-12-3-1-2-11(12)18/h4-5,8,11-12,20H,1-3,6-7H2,(H2,15,17). The van der Waals surface area contributed by atoms with Gasteiger partial charge in [0, 0.05) is 18.3 Å². The summed E-state index contributed by atoms with van der Waals surface area (Å²) in [4.78, 5) is 18.6. The van der Waals surface area contributed by atoms with Gasteiger partial charge in [-0.3, -0.25) is 9.78 Å². The van der Waals surface area contributed by atoms with E-state index in [2.05, 4.69) is 10.1 Å². The minimum atomic E-state index is -0.0822. The lowest BCUT2D eigenvalue weighted by molar-refractivity contribution is -0.0447. The highest BCUT2D eigenvalue weighted by Gasteiger charge is 2.38. The fraction of sp³-hybridized carbons (Fsp3) is 0.500. The van der Waals surface area contributed by atoms with Gasteiger partial charge < -0.3 is 20.6 Å². The molecule has 0 spiro atoms. The van der Waals surface area contributed by atoms with Gasteiger partial charge in [-0.05, 0) is 31.4 Å². The lowest BCUT2D eigenvalue weighted by Gasteiger charge is -2.37. The third kappa shape index (κ3) is 2.56. The minimum absolute atomic E-state index is 0.0243. The second kappa shape index (κ2) is 5.69. The molecule has 2 heterocycles. The molecule has 7 nitrogen and oxygen atoms in total. The van der Waals surface area contributed by atoms with Gasteiger partial charge in [0.15, 0.2) is 5.84 Å². The number of nitrogens with two attached hydrogens (primary N) is 1. The minimum Gasteiger partial charge on any atom is -0.409 e. The average Bonchev–Trinajstić information content (AvgIpc) is 3.02. The predicted octanol–water partition coefficient (Wildman–Crippen LogP) is 0.570. The zero-order chi connectivity index (χ0) is 14.8. The van der Waals surface area contributed by atoms with E-state index in [9.17, 15) is 4.79 Å². The van der Waals surface area contributed by atoms with Crippen LogP contribution in [0.1, 0.15) is 35.3 Å². The Hall–Kier alpha value is -2.15. The molecule has 3 rings (SSSR count). The fourth-order valence-electron chi connectivity index (χ4n) is 3.05. The molecule has 3 N–H and O–H groups in total. The van der Waals surface area contributed by atoms with Crippen molar-refractivity contribution in [1.82, 2.24) is 9.88 Å². The smallest absolute Gasteiger partial charge is 0.272 e. The van der Waals surface area contributed by atoms with Crippen LogP contribution in [0.25, 0.3) is 0 Å². The van der Waals surface area contributed by atoms with Crippen molar-refractivity contribution in [2.75, 3.05) is 13.2 Å². The van der Waals surface area contributed by atoms with Crippen LogP contribution in [-0.4, -0.2) is 52.1 Å². The molecule has 1 amide bonds. The Balaban J connectivity index is 1.78. The number of pyridine rings is 1. The highest BCUT2D eigenvalue weighted by atomic mass is 16.5. The molecule has 21 heavy (non-hydrogen) atoms. The summed E-state index contributed by atoms with van der Waals surface area (Å²) >= 11 is 0. The van der Waals surface area contributed by atoms with E-state index in [-0.39, 0.29) is 23.9 Å². The molecule has 7 heteroatoms. The van der Waals surface area contributed by atoms with Crippen LogP contribution in [0.2, 0.25) is 0 Å². The summed E-state index contributed by atoms with van der Waals surface area (Å²) in [5, 5.41) is 11.5. The summed E-state index contributed by atoms with van der Waals surface area (Å²) < 4.78 is 5.71. The topological polar surface area (TPSA) is 101 Å². The van der Waals surface area contributed by atoms with Crippen LogP contribution in [0, 0.1) is 0 Å². The number of oxime groups is 1. The third-order valence-corrected chi connectivity index (χ3v) is 4.13. The maximum atomic E-state index is 12.6. The van der Waals surface area contributed by atoms with Crippen molar-refractivity contribution in [1.29, 1.82) is 0 Å². The number of amidine groups is 1. The van der Waals surface area contributed by atoms with Gasteiger partial charge in [-0.15, -0.1) is 0 Å². The van der Waals surface area contributed by atoms with Gasteiger partial charge in [0.05, 0.1) is 18.8 Å². The van der Waals surface area contributed by atoms with Crippen LogP contribution in [-0.2, 0) is 4.74 Å². The number of carbonyl (C=O) groups is 1. The predicted molar refractivity (Wildman–Crippen MR) is 75.2 cm³/mol. The van der Waals surface area contributed by atoms with Gasteiger partial charge in [-0.1, -0.05) is 5.16 Å². The molecule has 1 aromatic heterocycles. The van der Waals surface area contributed by atoms with Crippen molar-refractivity contribution in [3.63, 3.8) is 0 Å². The first kappa shape index (κ1) is 13.8. The molecule has 1 aliphatic heterocycles. The number of fused-ring (bicyclic) bond motifs is 1. The monoisotopic (exact) mass is 290 g/mol. The van der Waals surface area contributed by atoms with Crippen molar-refractivity contribution in [2.24, 2.45) is 10.9 Å². The molecule has 112 valence electrons. The molecule has 1 aromatic rings. The molecule has 2 atom stereocenters. The van der Waals surface area contributed by atoms with E-state index < -0.39 is 0 Å². The molecule has 0 aromatic carbocycles. The Morgan fingerprint density at radius 3 is 3.05 bits per heavy atom. The van der Waals surface area contributed by atoms with Crippen molar-refractivity contribution in [2.45, 2.75) is 31.4 Å². The molecular formula is C14H18N4O3. The number of hydrogen-bond acceptors (Lipinski definition) is 5. The number of morpholine rings is 1. The van der Waals surface area contributed by atoms with Crippen LogP contribution in [0.4, 0.5) is 0 Å². The summed E-state index contributed by atoms with van der Waals surface area (Å²) in [7, 11) is 0. The highest BCUT2D eigenvalue weighted by Crippen LogP contribution is 2.30. The Bertz CT molecular complexity index is 558. The summed E-state index contributed by atoms with van der Waals surface area (Å²) in [5.41, 5.74) is 6.33. The SMILES string of the molecule is NC(=NO)c1ccc(C(=O)N2CCOC3CCCC32)nc1. The number of hydrogen-bond donors (Lipinski definition) is 2. The second-order valence-electron chi connectivity index (χ2n) is 5.32. The lowest BCUT2D eigenvalue weighted by Crippen LogP contribution is -2.51. The molecule has 1 aliphatic carbocycles. The molecule has 0 radical (unpaired) electrons. The van der Waals surface area contributed by atoms with Crippen LogP contribution in [0.15, 0.2) is 23.5 Å². The van der Waals surface area contributed by atoms with Crippen LogP contribution in [0.5, 0.6) is 0 Å². The van der Waals surface area contributed by atoms with E-state index in [0.29, 0.717) is 24.4 Å². The molecular weight excluding hydrogens is 272 g/mol.